The normalized spacial score (nSPS) is 12.2. The molecule has 1 aliphatic rings. The van der Waals surface area contributed by atoms with Gasteiger partial charge in [-0.1, -0.05) is 6.07 Å². The van der Waals surface area contributed by atoms with Crippen LogP contribution in [0, 0.1) is 0 Å². The fourth-order valence-corrected chi connectivity index (χ4v) is 4.07. The molecule has 0 saturated carbocycles. The third-order valence-electron chi connectivity index (χ3n) is 5.65. The van der Waals surface area contributed by atoms with Gasteiger partial charge in [0.2, 0.25) is 6.79 Å². The highest BCUT2D eigenvalue weighted by atomic mass is 32.1. The first-order valence-electron chi connectivity index (χ1n) is 11.2. The molecule has 1 aliphatic heterocycles. The SMILES string of the molecule is COc1ccc2cc(CN(Cc3ccc4c(c3)OCO4)C(=S)NCCCN(C)C)c(=O)[nH]c2c1. The summed E-state index contributed by atoms with van der Waals surface area (Å²) >= 11 is 5.74. The number of thiocarbonyl (C=S) groups is 1. The van der Waals surface area contributed by atoms with Gasteiger partial charge in [-0.15, -0.1) is 0 Å². The number of hydrogen-bond donors (Lipinski definition) is 2. The zero-order chi connectivity index (χ0) is 24.1. The summed E-state index contributed by atoms with van der Waals surface area (Å²) in [6.07, 6.45) is 0.962. The minimum Gasteiger partial charge on any atom is -0.497 e. The molecule has 34 heavy (non-hydrogen) atoms. The van der Waals surface area contributed by atoms with E-state index in [1.54, 1.807) is 7.11 Å². The Kier molecular flexibility index (Phi) is 7.54. The molecule has 0 spiro atoms. The highest BCUT2D eigenvalue weighted by Crippen LogP contribution is 2.33. The molecule has 1 aromatic heterocycles. The Hall–Kier alpha value is -3.30. The average molecular weight is 483 g/mol. The number of fused-ring (bicyclic) bond motifs is 2. The maximum absolute atomic E-state index is 12.9. The van der Waals surface area contributed by atoms with Crippen LogP contribution in [0.25, 0.3) is 10.9 Å². The summed E-state index contributed by atoms with van der Waals surface area (Å²) in [7, 11) is 5.70. The summed E-state index contributed by atoms with van der Waals surface area (Å²) in [5.41, 5.74) is 2.24. The molecule has 0 bridgehead atoms. The van der Waals surface area contributed by atoms with Crippen molar-refractivity contribution in [1.29, 1.82) is 0 Å². The molecule has 0 fully saturated rings. The lowest BCUT2D eigenvalue weighted by Gasteiger charge is -2.26. The molecular formula is C25H30N4O4S. The van der Waals surface area contributed by atoms with Gasteiger partial charge >= 0.3 is 0 Å². The van der Waals surface area contributed by atoms with E-state index in [9.17, 15) is 4.79 Å². The second-order valence-electron chi connectivity index (χ2n) is 8.51. The van der Waals surface area contributed by atoms with Crippen molar-refractivity contribution in [3.05, 3.63) is 63.9 Å². The largest absolute Gasteiger partial charge is 0.497 e. The molecule has 0 unspecified atom stereocenters. The van der Waals surface area contributed by atoms with E-state index in [1.807, 2.05) is 61.5 Å². The topological polar surface area (TPSA) is 79.1 Å². The monoisotopic (exact) mass is 482 g/mol. The third-order valence-corrected chi connectivity index (χ3v) is 6.05. The highest BCUT2D eigenvalue weighted by Gasteiger charge is 2.18. The number of hydrogen-bond acceptors (Lipinski definition) is 6. The molecule has 0 atom stereocenters. The predicted molar refractivity (Wildman–Crippen MR) is 137 cm³/mol. The van der Waals surface area contributed by atoms with Crippen molar-refractivity contribution in [3.8, 4) is 17.2 Å². The van der Waals surface area contributed by atoms with Crippen molar-refractivity contribution in [2.75, 3.05) is 41.1 Å². The van der Waals surface area contributed by atoms with Gasteiger partial charge in [-0.3, -0.25) is 4.79 Å². The van der Waals surface area contributed by atoms with Crippen molar-refractivity contribution < 1.29 is 14.2 Å². The molecule has 9 heteroatoms. The number of benzene rings is 2. The van der Waals surface area contributed by atoms with E-state index in [0.29, 0.717) is 29.5 Å². The number of pyridine rings is 1. The van der Waals surface area contributed by atoms with Gasteiger partial charge in [0.05, 0.1) is 19.2 Å². The molecule has 4 rings (SSSR count). The molecule has 0 amide bonds. The number of methoxy groups -OCH3 is 1. The van der Waals surface area contributed by atoms with Crippen LogP contribution < -0.4 is 25.1 Å². The number of aromatic amines is 1. The molecule has 0 saturated heterocycles. The summed E-state index contributed by atoms with van der Waals surface area (Å²) < 4.78 is 16.2. The van der Waals surface area contributed by atoms with E-state index in [-0.39, 0.29) is 12.4 Å². The summed E-state index contributed by atoms with van der Waals surface area (Å²) in [6, 6.07) is 13.4. The van der Waals surface area contributed by atoms with Crippen LogP contribution in [0.3, 0.4) is 0 Å². The molecule has 2 heterocycles. The fraction of sp³-hybridized carbons (Fsp3) is 0.360. The van der Waals surface area contributed by atoms with E-state index in [4.69, 9.17) is 26.4 Å². The van der Waals surface area contributed by atoms with Crippen LogP contribution in [0.5, 0.6) is 17.2 Å². The Morgan fingerprint density at radius 1 is 1.12 bits per heavy atom. The van der Waals surface area contributed by atoms with Gasteiger partial charge in [0.15, 0.2) is 16.6 Å². The molecule has 2 N–H and O–H groups in total. The third kappa shape index (κ3) is 5.78. The molecule has 0 aliphatic carbocycles. The summed E-state index contributed by atoms with van der Waals surface area (Å²) in [5.74, 6) is 2.16. The van der Waals surface area contributed by atoms with Crippen molar-refractivity contribution in [3.63, 3.8) is 0 Å². The predicted octanol–water partition coefficient (Wildman–Crippen LogP) is 3.09. The number of H-pyrrole nitrogens is 1. The fourth-order valence-electron chi connectivity index (χ4n) is 3.84. The van der Waals surface area contributed by atoms with Crippen molar-refractivity contribution in [2.45, 2.75) is 19.5 Å². The van der Waals surface area contributed by atoms with Crippen LogP contribution in [0.2, 0.25) is 0 Å². The van der Waals surface area contributed by atoms with Gasteiger partial charge in [0.25, 0.3) is 5.56 Å². The standard InChI is InChI=1S/C25H30N4O4S/c1-28(2)10-4-9-26-25(34)29(14-17-5-8-22-23(11-17)33-16-32-22)15-19-12-18-6-7-20(31-3)13-21(18)27-24(19)30/h5-8,11-13H,4,9-10,14-16H2,1-3H3,(H,26,34)(H,27,30). The highest BCUT2D eigenvalue weighted by molar-refractivity contribution is 7.80. The number of nitrogens with one attached hydrogen (secondary N) is 2. The first-order valence-corrected chi connectivity index (χ1v) is 11.6. The van der Waals surface area contributed by atoms with E-state index < -0.39 is 0 Å². The number of aromatic nitrogens is 1. The molecule has 2 aromatic carbocycles. The van der Waals surface area contributed by atoms with E-state index in [1.165, 1.54) is 0 Å². The molecule has 3 aromatic rings. The summed E-state index contributed by atoms with van der Waals surface area (Å²) in [4.78, 5) is 20.0. The van der Waals surface area contributed by atoms with Crippen LogP contribution in [0.15, 0.2) is 47.3 Å². The second-order valence-corrected chi connectivity index (χ2v) is 8.90. The molecule has 180 valence electrons. The van der Waals surface area contributed by atoms with Crippen molar-refractivity contribution in [2.24, 2.45) is 0 Å². The Morgan fingerprint density at radius 3 is 2.74 bits per heavy atom. The quantitative estimate of drug-likeness (QED) is 0.356. The van der Waals surface area contributed by atoms with Crippen LogP contribution in [0.4, 0.5) is 0 Å². The van der Waals surface area contributed by atoms with Crippen LogP contribution in [-0.4, -0.2) is 61.0 Å². The van der Waals surface area contributed by atoms with Gasteiger partial charge in [0, 0.05) is 24.7 Å². The Balaban J connectivity index is 1.56. The summed E-state index contributed by atoms with van der Waals surface area (Å²) in [6.45, 7) is 2.83. The van der Waals surface area contributed by atoms with Gasteiger partial charge in [0.1, 0.15) is 5.75 Å². The maximum atomic E-state index is 12.9. The lowest BCUT2D eigenvalue weighted by molar-refractivity contribution is 0.174. The zero-order valence-corrected chi connectivity index (χ0v) is 20.5. The number of nitrogens with zero attached hydrogens (tertiary/aromatic N) is 2. The smallest absolute Gasteiger partial charge is 0.253 e. The Morgan fingerprint density at radius 2 is 1.94 bits per heavy atom. The average Bonchev–Trinajstić information content (AvgIpc) is 3.29. The molecular weight excluding hydrogens is 452 g/mol. The van der Waals surface area contributed by atoms with Gasteiger partial charge < -0.3 is 34.3 Å². The molecule has 8 nitrogen and oxygen atoms in total. The van der Waals surface area contributed by atoms with E-state index in [2.05, 4.69) is 15.2 Å². The molecule has 0 radical (unpaired) electrons. The van der Waals surface area contributed by atoms with Gasteiger partial charge in [-0.05, 0) is 80.6 Å². The lowest BCUT2D eigenvalue weighted by Crippen LogP contribution is -2.40. The maximum Gasteiger partial charge on any atom is 0.253 e. The van der Waals surface area contributed by atoms with Crippen molar-refractivity contribution >= 4 is 28.2 Å². The number of rotatable bonds is 9. The van der Waals surface area contributed by atoms with Gasteiger partial charge in [-0.25, -0.2) is 0 Å². The lowest BCUT2D eigenvalue weighted by atomic mass is 10.1. The first-order chi connectivity index (χ1) is 16.4. The van der Waals surface area contributed by atoms with Crippen LogP contribution in [-0.2, 0) is 13.1 Å². The van der Waals surface area contributed by atoms with Crippen LogP contribution >= 0.6 is 12.2 Å². The summed E-state index contributed by atoms with van der Waals surface area (Å²) in [5, 5.41) is 4.88. The zero-order valence-electron chi connectivity index (χ0n) is 19.7. The second kappa shape index (κ2) is 10.8. The van der Waals surface area contributed by atoms with Crippen molar-refractivity contribution in [1.82, 2.24) is 20.1 Å². The minimum atomic E-state index is -0.146. The van der Waals surface area contributed by atoms with E-state index in [0.717, 1.165) is 47.5 Å². The Bertz CT molecular complexity index is 1230. The minimum absolute atomic E-state index is 0.146. The van der Waals surface area contributed by atoms with E-state index >= 15 is 0 Å². The first kappa shape index (κ1) is 23.8. The van der Waals surface area contributed by atoms with Gasteiger partial charge in [-0.2, -0.15) is 0 Å². The Labute approximate surface area is 204 Å². The number of ether oxygens (including phenoxy) is 3. The van der Waals surface area contributed by atoms with Crippen LogP contribution in [0.1, 0.15) is 17.5 Å².